The topological polar surface area (TPSA) is 54.0 Å². The zero-order valence-corrected chi connectivity index (χ0v) is 19.0. The lowest BCUT2D eigenvalue weighted by molar-refractivity contribution is 0.0601. The predicted molar refractivity (Wildman–Crippen MR) is 125 cm³/mol. The van der Waals surface area contributed by atoms with Gasteiger partial charge in [-0.3, -0.25) is 0 Å². The van der Waals surface area contributed by atoms with Crippen molar-refractivity contribution in [2.75, 3.05) is 50.6 Å². The van der Waals surface area contributed by atoms with Gasteiger partial charge >= 0.3 is 5.97 Å². The highest BCUT2D eigenvalue weighted by Crippen LogP contribution is 2.38. The number of carbonyl (C=O) groups excluding carboxylic acids is 1. The van der Waals surface area contributed by atoms with Crippen LogP contribution in [0.25, 0.3) is 0 Å². The molecule has 2 aliphatic rings. The molecule has 1 aromatic carbocycles. The number of nitrogens with zero attached hydrogens (tertiary/aromatic N) is 2. The molecular formula is C22H27N3O3S2. The first-order chi connectivity index (χ1) is 14.6. The second kappa shape index (κ2) is 9.22. The van der Waals surface area contributed by atoms with Crippen LogP contribution in [0.2, 0.25) is 0 Å². The van der Waals surface area contributed by atoms with Crippen LogP contribution in [0.4, 0.5) is 10.7 Å². The second-order valence-electron chi connectivity index (χ2n) is 7.51. The Morgan fingerprint density at radius 2 is 1.90 bits per heavy atom. The number of ether oxygens (including phenoxy) is 2. The predicted octanol–water partition coefficient (Wildman–Crippen LogP) is 3.94. The maximum absolute atomic E-state index is 12.4. The molecule has 0 atom stereocenters. The average molecular weight is 446 g/mol. The lowest BCUT2D eigenvalue weighted by Crippen LogP contribution is -2.50. The number of nitrogens with one attached hydrogen (secondary N) is 1. The Balaban J connectivity index is 1.43. The molecular weight excluding hydrogens is 418 g/mol. The van der Waals surface area contributed by atoms with Gasteiger partial charge in [0.15, 0.2) is 5.11 Å². The van der Waals surface area contributed by atoms with E-state index in [2.05, 4.69) is 27.2 Å². The molecule has 1 fully saturated rings. The molecule has 0 amide bonds. The van der Waals surface area contributed by atoms with E-state index in [1.807, 2.05) is 12.1 Å². The number of anilines is 2. The molecule has 0 spiro atoms. The number of rotatable bonds is 4. The van der Waals surface area contributed by atoms with E-state index in [-0.39, 0.29) is 5.97 Å². The maximum atomic E-state index is 12.4. The van der Waals surface area contributed by atoms with Crippen molar-refractivity contribution < 1.29 is 14.3 Å². The van der Waals surface area contributed by atoms with Crippen LogP contribution in [0.15, 0.2) is 24.3 Å². The number of thiocarbonyl (C=S) groups is 1. The van der Waals surface area contributed by atoms with Crippen LogP contribution in [0.1, 0.15) is 33.6 Å². The average Bonchev–Trinajstić information content (AvgIpc) is 3.16. The minimum absolute atomic E-state index is 0.275. The zero-order chi connectivity index (χ0) is 21.1. The standard InChI is InChI=1S/C22H27N3O3S2/c1-27-16-7-5-6-15(14-16)24-10-12-25(13-11-24)22(29)23-20-19(21(26)28-2)17-8-3-4-9-18(17)30-20/h5-7,14H,3-4,8-13H2,1-2H3,(H,23,29). The number of hydrogen-bond acceptors (Lipinski definition) is 6. The van der Waals surface area contributed by atoms with Crippen LogP contribution in [0, 0.1) is 0 Å². The van der Waals surface area contributed by atoms with Crippen LogP contribution in [0.5, 0.6) is 5.75 Å². The molecule has 1 aliphatic heterocycles. The van der Waals surface area contributed by atoms with Crippen molar-refractivity contribution in [3.8, 4) is 5.75 Å². The van der Waals surface area contributed by atoms with Crippen molar-refractivity contribution in [3.63, 3.8) is 0 Å². The summed E-state index contributed by atoms with van der Waals surface area (Å²) in [4.78, 5) is 18.2. The van der Waals surface area contributed by atoms with Crippen LogP contribution >= 0.6 is 23.6 Å². The third-order valence-corrected chi connectivity index (χ3v) is 7.33. The fourth-order valence-corrected chi connectivity index (χ4v) is 5.75. The summed E-state index contributed by atoms with van der Waals surface area (Å²) in [5, 5.41) is 4.86. The Morgan fingerprint density at radius 1 is 1.13 bits per heavy atom. The fourth-order valence-electron chi connectivity index (χ4n) is 4.12. The molecule has 1 aliphatic carbocycles. The number of fused-ring (bicyclic) bond motifs is 1. The largest absolute Gasteiger partial charge is 0.497 e. The summed E-state index contributed by atoms with van der Waals surface area (Å²) >= 11 is 7.35. The van der Waals surface area contributed by atoms with Gasteiger partial charge in [-0.1, -0.05) is 6.07 Å². The molecule has 8 heteroatoms. The van der Waals surface area contributed by atoms with Crippen LogP contribution in [0.3, 0.4) is 0 Å². The first kappa shape index (κ1) is 20.9. The molecule has 6 nitrogen and oxygen atoms in total. The highest BCUT2D eigenvalue weighted by molar-refractivity contribution is 7.80. The lowest BCUT2D eigenvalue weighted by atomic mass is 9.95. The van der Waals surface area contributed by atoms with Gasteiger partial charge in [-0.25, -0.2) is 4.79 Å². The summed E-state index contributed by atoms with van der Waals surface area (Å²) in [5.74, 6) is 0.590. The minimum Gasteiger partial charge on any atom is -0.497 e. The van der Waals surface area contributed by atoms with Crippen molar-refractivity contribution in [2.45, 2.75) is 25.7 Å². The van der Waals surface area contributed by atoms with Crippen molar-refractivity contribution >= 4 is 45.3 Å². The Morgan fingerprint density at radius 3 is 2.63 bits per heavy atom. The quantitative estimate of drug-likeness (QED) is 0.565. The molecule has 0 saturated carbocycles. The summed E-state index contributed by atoms with van der Waals surface area (Å²) in [6.07, 6.45) is 4.25. The van der Waals surface area contributed by atoms with E-state index in [9.17, 15) is 4.79 Å². The minimum atomic E-state index is -0.275. The summed E-state index contributed by atoms with van der Waals surface area (Å²) < 4.78 is 10.4. The van der Waals surface area contributed by atoms with Crippen molar-refractivity contribution in [2.24, 2.45) is 0 Å². The number of hydrogen-bond donors (Lipinski definition) is 1. The van der Waals surface area contributed by atoms with Gasteiger partial charge < -0.3 is 24.6 Å². The third-order valence-electron chi connectivity index (χ3n) is 5.77. The molecule has 1 aromatic heterocycles. The van der Waals surface area contributed by atoms with Crippen LogP contribution in [-0.4, -0.2) is 56.4 Å². The van der Waals surface area contributed by atoms with Crippen molar-refractivity contribution in [1.29, 1.82) is 0 Å². The Hall–Kier alpha value is -2.32. The number of piperazine rings is 1. The molecule has 1 saturated heterocycles. The molecule has 30 heavy (non-hydrogen) atoms. The number of aryl methyl sites for hydroxylation is 1. The normalized spacial score (nSPS) is 16.1. The molecule has 160 valence electrons. The van der Waals surface area contributed by atoms with E-state index in [0.29, 0.717) is 10.7 Å². The van der Waals surface area contributed by atoms with Gasteiger partial charge in [-0.15, -0.1) is 11.3 Å². The first-order valence-corrected chi connectivity index (χ1v) is 11.5. The molecule has 0 bridgehead atoms. The second-order valence-corrected chi connectivity index (χ2v) is 9.00. The fraction of sp³-hybridized carbons (Fsp3) is 0.455. The summed E-state index contributed by atoms with van der Waals surface area (Å²) in [5.41, 5.74) is 2.98. The number of benzene rings is 1. The van der Waals surface area contributed by atoms with E-state index < -0.39 is 0 Å². The van der Waals surface area contributed by atoms with E-state index in [1.165, 1.54) is 18.4 Å². The van der Waals surface area contributed by atoms with Gasteiger partial charge in [-0.05, 0) is 55.6 Å². The SMILES string of the molecule is COC(=O)c1c(NC(=S)N2CCN(c3cccc(OC)c3)CC2)sc2c1CCCC2. The highest BCUT2D eigenvalue weighted by Gasteiger charge is 2.28. The lowest BCUT2D eigenvalue weighted by Gasteiger charge is -2.37. The molecule has 0 unspecified atom stereocenters. The van der Waals surface area contributed by atoms with Crippen LogP contribution < -0.4 is 15.0 Å². The number of methoxy groups -OCH3 is 2. The Labute approximate surface area is 186 Å². The molecule has 2 aromatic rings. The zero-order valence-electron chi connectivity index (χ0n) is 17.4. The van der Waals surface area contributed by atoms with Gasteiger partial charge in [0.05, 0.1) is 19.8 Å². The molecule has 2 heterocycles. The van der Waals surface area contributed by atoms with Crippen molar-refractivity contribution in [1.82, 2.24) is 4.90 Å². The Bertz CT molecular complexity index is 936. The molecule has 4 rings (SSSR count). The van der Waals surface area contributed by atoms with E-state index in [4.69, 9.17) is 21.7 Å². The van der Waals surface area contributed by atoms with Crippen molar-refractivity contribution in [3.05, 3.63) is 40.3 Å². The summed E-state index contributed by atoms with van der Waals surface area (Å²) in [6, 6.07) is 8.14. The smallest absolute Gasteiger partial charge is 0.341 e. The van der Waals surface area contributed by atoms with Gasteiger partial charge in [0.25, 0.3) is 0 Å². The van der Waals surface area contributed by atoms with E-state index >= 15 is 0 Å². The van der Waals surface area contributed by atoms with E-state index in [1.54, 1.807) is 18.4 Å². The number of carbonyl (C=O) groups is 1. The first-order valence-electron chi connectivity index (χ1n) is 10.3. The molecule has 0 radical (unpaired) electrons. The Kier molecular flexibility index (Phi) is 6.43. The van der Waals surface area contributed by atoms with Gasteiger partial charge in [0, 0.05) is 42.8 Å². The van der Waals surface area contributed by atoms with Crippen LogP contribution in [-0.2, 0) is 17.6 Å². The molecule has 1 N–H and O–H groups in total. The highest BCUT2D eigenvalue weighted by atomic mass is 32.1. The third kappa shape index (κ3) is 4.25. The maximum Gasteiger partial charge on any atom is 0.341 e. The van der Waals surface area contributed by atoms with Gasteiger partial charge in [-0.2, -0.15) is 0 Å². The van der Waals surface area contributed by atoms with Gasteiger partial charge in [0.2, 0.25) is 0 Å². The van der Waals surface area contributed by atoms with Gasteiger partial charge in [0.1, 0.15) is 10.8 Å². The monoisotopic (exact) mass is 445 g/mol. The number of esters is 1. The summed E-state index contributed by atoms with van der Waals surface area (Å²) in [7, 11) is 3.13. The summed E-state index contributed by atoms with van der Waals surface area (Å²) in [6.45, 7) is 3.39. The number of thiophene rings is 1. The van der Waals surface area contributed by atoms with E-state index in [0.717, 1.165) is 67.4 Å².